The number of carbonyl (C=O) groups is 1. The van der Waals surface area contributed by atoms with Crippen molar-refractivity contribution in [2.75, 3.05) is 50.7 Å². The van der Waals surface area contributed by atoms with Gasteiger partial charge in [0.2, 0.25) is 0 Å². The maximum absolute atomic E-state index is 12.3. The highest BCUT2D eigenvalue weighted by Gasteiger charge is 2.26. The summed E-state index contributed by atoms with van der Waals surface area (Å²) >= 11 is 0. The Morgan fingerprint density at radius 2 is 1.75 bits per heavy atom. The first kappa shape index (κ1) is 26.7. The number of hydrogen-bond donors (Lipinski definition) is 1. The zero-order chi connectivity index (χ0) is 25.3. The molecule has 7 heteroatoms. The van der Waals surface area contributed by atoms with Crippen molar-refractivity contribution in [3.05, 3.63) is 48.0 Å². The van der Waals surface area contributed by atoms with Gasteiger partial charge in [0.05, 0.1) is 16.1 Å². The van der Waals surface area contributed by atoms with E-state index in [2.05, 4.69) is 33.3 Å². The molecule has 4 rings (SSSR count). The van der Waals surface area contributed by atoms with Crippen LogP contribution >= 0.6 is 10.7 Å². The summed E-state index contributed by atoms with van der Waals surface area (Å²) in [4.78, 5) is 18.2. The molecule has 2 aliphatic rings. The van der Waals surface area contributed by atoms with Crippen LogP contribution in [0.5, 0.6) is 11.5 Å². The number of anilines is 1. The monoisotopic (exact) mass is 511 g/mol. The molecule has 0 aliphatic carbocycles. The molecule has 0 amide bonds. The van der Waals surface area contributed by atoms with E-state index in [4.69, 9.17) is 4.74 Å². The summed E-state index contributed by atoms with van der Waals surface area (Å²) in [5, 5.41) is 12.3. The predicted octanol–water partition coefficient (Wildman–Crippen LogP) is 6.34. The Morgan fingerprint density at radius 3 is 2.39 bits per heavy atom. The van der Waals surface area contributed by atoms with Crippen molar-refractivity contribution in [3.8, 4) is 11.5 Å². The normalized spacial score (nSPS) is 17.5. The number of unbranched alkanes of at least 4 members (excludes halogenated alkanes) is 1. The van der Waals surface area contributed by atoms with Crippen LogP contribution in [-0.4, -0.2) is 71.5 Å². The number of para-hydroxylation sites is 1. The Morgan fingerprint density at radius 1 is 1.06 bits per heavy atom. The number of hydrogen-bond acceptors (Lipinski definition) is 5. The maximum Gasteiger partial charge on any atom is 0.335 e. The lowest BCUT2D eigenvalue weighted by atomic mass is 10.1. The first-order valence-electron chi connectivity index (χ1n) is 13.5. The molecule has 2 aliphatic heterocycles. The van der Waals surface area contributed by atoms with Crippen LogP contribution in [0.25, 0.3) is 0 Å². The fourth-order valence-corrected chi connectivity index (χ4v) is 7.15. The van der Waals surface area contributed by atoms with Crippen molar-refractivity contribution in [2.45, 2.75) is 57.3 Å². The van der Waals surface area contributed by atoms with Gasteiger partial charge in [0.1, 0.15) is 5.75 Å². The summed E-state index contributed by atoms with van der Waals surface area (Å²) in [5.74, 6) is 0.691. The smallest absolute Gasteiger partial charge is 0.335 e. The molecular weight excluding hydrogens is 470 g/mol. The van der Waals surface area contributed by atoms with Gasteiger partial charge in [-0.15, -0.1) is 0 Å². The van der Waals surface area contributed by atoms with Crippen molar-refractivity contribution in [3.63, 3.8) is 0 Å². The van der Waals surface area contributed by atoms with Crippen LogP contribution in [0.15, 0.2) is 47.4 Å². The molecular formula is C29H41N3O3S. The van der Waals surface area contributed by atoms with Crippen LogP contribution < -0.4 is 9.64 Å². The van der Waals surface area contributed by atoms with Crippen molar-refractivity contribution in [2.24, 2.45) is 0 Å². The minimum atomic E-state index is -0.889. The average molecular weight is 512 g/mol. The second-order valence-corrected chi connectivity index (χ2v) is 11.7. The second-order valence-electron chi connectivity index (χ2n) is 9.62. The van der Waals surface area contributed by atoms with E-state index in [1.165, 1.54) is 25.7 Å². The van der Waals surface area contributed by atoms with Gasteiger partial charge in [-0.2, -0.15) is 0 Å². The van der Waals surface area contributed by atoms with E-state index < -0.39 is 5.97 Å². The lowest BCUT2D eigenvalue weighted by Crippen LogP contribution is -2.35. The highest BCUT2D eigenvalue weighted by Crippen LogP contribution is 2.47. The molecule has 2 heterocycles. The van der Waals surface area contributed by atoms with Crippen LogP contribution in [0, 0.1) is 0 Å². The number of likely N-dealkylation sites (tertiary alicyclic amines) is 1. The Hall–Kier alpha value is -2.35. The molecule has 2 saturated heterocycles. The molecule has 2 aromatic rings. The number of aromatic carboxylic acids is 1. The molecule has 1 unspecified atom stereocenters. The summed E-state index contributed by atoms with van der Waals surface area (Å²) in [6, 6.07) is 13.6. The Balaban J connectivity index is 1.82. The van der Waals surface area contributed by atoms with Gasteiger partial charge in [0.25, 0.3) is 0 Å². The van der Waals surface area contributed by atoms with E-state index in [9.17, 15) is 9.90 Å². The zero-order valence-electron chi connectivity index (χ0n) is 21.8. The molecule has 1 N–H and O–H groups in total. The molecule has 196 valence electrons. The molecule has 2 fully saturated rings. The van der Waals surface area contributed by atoms with Gasteiger partial charge in [0, 0.05) is 32.7 Å². The lowest BCUT2D eigenvalue weighted by Gasteiger charge is -2.31. The fraction of sp³-hybridized carbons (Fsp3) is 0.517. The van der Waals surface area contributed by atoms with E-state index in [1.54, 1.807) is 0 Å². The van der Waals surface area contributed by atoms with Crippen LogP contribution in [0.3, 0.4) is 0 Å². The van der Waals surface area contributed by atoms with Gasteiger partial charge >= 0.3 is 5.97 Å². The van der Waals surface area contributed by atoms with E-state index in [-0.39, 0.29) is 10.7 Å². The van der Waals surface area contributed by atoms with Crippen LogP contribution in [0.4, 0.5) is 5.69 Å². The quantitative estimate of drug-likeness (QED) is 0.336. The summed E-state index contributed by atoms with van der Waals surface area (Å²) in [6.45, 7) is 11.4. The van der Waals surface area contributed by atoms with Gasteiger partial charge in [-0.05, 0) is 81.8 Å². The maximum atomic E-state index is 12.3. The number of ether oxygens (including phenoxy) is 1. The SMILES string of the molecule is C/C=S(/c1cc(C(=O)O)cc(N(CCCC)CCN2CCCC2)c1Oc1ccccc1)N1CCCC1. The third-order valence-electron chi connectivity index (χ3n) is 7.04. The van der Waals surface area contributed by atoms with Gasteiger partial charge in [-0.3, -0.25) is 4.31 Å². The highest BCUT2D eigenvalue weighted by atomic mass is 32.2. The number of nitrogens with zero attached hydrogens (tertiary/aromatic N) is 3. The molecule has 36 heavy (non-hydrogen) atoms. The minimum absolute atomic E-state index is 0.335. The summed E-state index contributed by atoms with van der Waals surface area (Å²) in [5.41, 5.74) is 1.24. The fourth-order valence-electron chi connectivity index (χ4n) is 5.08. The van der Waals surface area contributed by atoms with E-state index >= 15 is 0 Å². The standard InChI is InChI=1S/C29H41N3O3S/c1-3-5-17-31(21-20-30-15-9-10-16-30)26-22-24(29(33)34)23-27(36(4-2)32-18-11-12-19-32)28(26)35-25-13-7-6-8-14-25/h4,6-8,13-14,22-23H,3,5,9-12,15-21H2,1-2H3,(H,33,34). The van der Waals surface area contributed by atoms with Gasteiger partial charge in [0.15, 0.2) is 5.75 Å². The van der Waals surface area contributed by atoms with E-state index in [0.29, 0.717) is 5.56 Å². The van der Waals surface area contributed by atoms with E-state index in [1.807, 2.05) is 42.5 Å². The summed E-state index contributed by atoms with van der Waals surface area (Å²) in [6.07, 6.45) is 7.02. The van der Waals surface area contributed by atoms with Crippen molar-refractivity contribution in [1.29, 1.82) is 0 Å². The number of carboxylic acid groups (broad SMARTS) is 1. The highest BCUT2D eigenvalue weighted by molar-refractivity contribution is 8.13. The van der Waals surface area contributed by atoms with Crippen molar-refractivity contribution in [1.82, 2.24) is 9.21 Å². The summed E-state index contributed by atoms with van der Waals surface area (Å²) in [7, 11) is -0.338. The number of rotatable bonds is 12. The van der Waals surface area contributed by atoms with Crippen molar-refractivity contribution >= 4 is 27.7 Å². The Kier molecular flexibility index (Phi) is 9.84. The molecule has 0 spiro atoms. The molecule has 6 nitrogen and oxygen atoms in total. The third kappa shape index (κ3) is 6.69. The third-order valence-corrected chi connectivity index (χ3v) is 9.17. The topological polar surface area (TPSA) is 56.3 Å². The van der Waals surface area contributed by atoms with Gasteiger partial charge in [-0.25, -0.2) is 4.79 Å². The summed E-state index contributed by atoms with van der Waals surface area (Å²) < 4.78 is 9.14. The average Bonchev–Trinajstić information content (AvgIpc) is 3.61. The number of carboxylic acids is 1. The Bertz CT molecular complexity index is 1030. The van der Waals surface area contributed by atoms with Crippen molar-refractivity contribution < 1.29 is 14.6 Å². The first-order chi connectivity index (χ1) is 17.6. The lowest BCUT2D eigenvalue weighted by molar-refractivity contribution is 0.0696. The van der Waals surface area contributed by atoms with E-state index in [0.717, 1.165) is 80.7 Å². The zero-order valence-corrected chi connectivity index (χ0v) is 22.6. The second kappa shape index (κ2) is 13.3. The minimum Gasteiger partial charge on any atom is -0.478 e. The first-order valence-corrected chi connectivity index (χ1v) is 14.7. The molecule has 0 bridgehead atoms. The molecule has 0 aromatic heterocycles. The molecule has 1 atom stereocenters. The van der Waals surface area contributed by atoms with Crippen LogP contribution in [0.2, 0.25) is 0 Å². The molecule has 2 aromatic carbocycles. The Labute approximate surface area is 218 Å². The molecule has 0 saturated carbocycles. The number of benzene rings is 2. The van der Waals surface area contributed by atoms with Crippen LogP contribution in [0.1, 0.15) is 62.7 Å². The van der Waals surface area contributed by atoms with Gasteiger partial charge < -0.3 is 19.6 Å². The largest absolute Gasteiger partial charge is 0.478 e. The van der Waals surface area contributed by atoms with Crippen LogP contribution in [-0.2, 0) is 0 Å². The predicted molar refractivity (Wildman–Crippen MR) is 151 cm³/mol. The molecule has 0 radical (unpaired) electrons. The van der Waals surface area contributed by atoms with Gasteiger partial charge in [-0.1, -0.05) is 42.2 Å².